The van der Waals surface area contributed by atoms with Crippen LogP contribution in [0.2, 0.25) is 0 Å². The first-order valence-electron chi connectivity index (χ1n) is 3.40. The largest absolute Gasteiger partial charge is 0.296 e. The molecular weight excluding hydrogens is 138 g/mol. The average Bonchev–Trinajstić information content (AvgIpc) is 1.83. The number of alkyl halides is 2. The number of carbonyl (C=O) groups excluding carboxylic acids is 1. The van der Waals surface area contributed by atoms with Crippen LogP contribution in [0.5, 0.6) is 0 Å². The normalized spacial score (nSPS) is 41.9. The van der Waals surface area contributed by atoms with Crippen LogP contribution in [0.25, 0.3) is 0 Å². The Morgan fingerprint density at radius 3 is 2.70 bits per heavy atom. The van der Waals surface area contributed by atoms with Crippen LogP contribution in [0, 0.1) is 0 Å². The maximum absolute atomic E-state index is 12.9. The van der Waals surface area contributed by atoms with Gasteiger partial charge in [0.25, 0.3) is 0 Å². The number of carbonyl (C=O) groups is 1. The smallest absolute Gasteiger partial charge is 0.191 e. The van der Waals surface area contributed by atoms with Gasteiger partial charge < -0.3 is 0 Å². The zero-order valence-electron chi connectivity index (χ0n) is 5.86. The minimum Gasteiger partial charge on any atom is -0.296 e. The monoisotopic (exact) mass is 148 g/mol. The van der Waals surface area contributed by atoms with E-state index in [9.17, 15) is 13.6 Å². The van der Waals surface area contributed by atoms with Crippen molar-refractivity contribution in [2.24, 2.45) is 0 Å². The molecule has 10 heavy (non-hydrogen) atoms. The molecule has 3 heteroatoms. The van der Waals surface area contributed by atoms with Gasteiger partial charge in [-0.25, -0.2) is 8.78 Å². The lowest BCUT2D eigenvalue weighted by molar-refractivity contribution is -0.132. The van der Waals surface area contributed by atoms with E-state index >= 15 is 0 Å². The van der Waals surface area contributed by atoms with Gasteiger partial charge in [-0.1, -0.05) is 0 Å². The highest BCUT2D eigenvalue weighted by atomic mass is 19.2. The molecule has 0 aromatic carbocycles. The van der Waals surface area contributed by atoms with Crippen molar-refractivity contribution in [3.63, 3.8) is 0 Å². The fourth-order valence-corrected chi connectivity index (χ4v) is 1.20. The predicted molar refractivity (Wildman–Crippen MR) is 33.3 cm³/mol. The maximum atomic E-state index is 12.9. The number of hydrogen-bond donors (Lipinski definition) is 0. The number of hydrogen-bond acceptors (Lipinski definition) is 1. The van der Waals surface area contributed by atoms with Crippen molar-refractivity contribution in [2.75, 3.05) is 0 Å². The van der Waals surface area contributed by atoms with E-state index in [1.807, 2.05) is 0 Å². The quantitative estimate of drug-likeness (QED) is 0.512. The lowest BCUT2D eigenvalue weighted by Crippen LogP contribution is -2.41. The van der Waals surface area contributed by atoms with Gasteiger partial charge in [-0.2, -0.15) is 0 Å². The minimum atomic E-state index is -1.91. The van der Waals surface area contributed by atoms with Gasteiger partial charge in [0.1, 0.15) is 5.67 Å². The summed E-state index contributed by atoms with van der Waals surface area (Å²) >= 11 is 0. The standard InChI is InChI=1S/C7H10F2O/c1-7(9)4-2-3-5(10)6(7)8/h6H,2-4H2,1H3/t6-,7-/m0/s1. The summed E-state index contributed by atoms with van der Waals surface area (Å²) in [7, 11) is 0. The SMILES string of the molecule is C[C@]1(F)CCCC(=O)[C@@H]1F. The lowest BCUT2D eigenvalue weighted by Gasteiger charge is -2.27. The second kappa shape index (κ2) is 2.29. The molecule has 0 radical (unpaired) electrons. The Morgan fingerprint density at radius 1 is 1.70 bits per heavy atom. The zero-order valence-corrected chi connectivity index (χ0v) is 5.86. The molecule has 1 rings (SSSR count). The molecule has 1 nitrogen and oxygen atoms in total. The molecule has 0 aliphatic heterocycles. The van der Waals surface area contributed by atoms with Gasteiger partial charge in [0.2, 0.25) is 0 Å². The Morgan fingerprint density at radius 2 is 2.30 bits per heavy atom. The van der Waals surface area contributed by atoms with E-state index in [2.05, 4.69) is 0 Å². The lowest BCUT2D eigenvalue weighted by atomic mass is 9.85. The van der Waals surface area contributed by atoms with Gasteiger partial charge in [-0.05, 0) is 19.8 Å². The topological polar surface area (TPSA) is 17.1 Å². The Kier molecular flexibility index (Phi) is 1.75. The van der Waals surface area contributed by atoms with Crippen LogP contribution in [0.1, 0.15) is 26.2 Å². The minimum absolute atomic E-state index is 0.167. The highest BCUT2D eigenvalue weighted by Crippen LogP contribution is 2.31. The molecule has 0 saturated heterocycles. The van der Waals surface area contributed by atoms with E-state index < -0.39 is 17.6 Å². The van der Waals surface area contributed by atoms with E-state index in [1.54, 1.807) is 0 Å². The van der Waals surface area contributed by atoms with Gasteiger partial charge >= 0.3 is 0 Å². The predicted octanol–water partition coefficient (Wildman–Crippen LogP) is 1.81. The number of ketones is 1. The first-order valence-corrected chi connectivity index (χ1v) is 3.40. The van der Waals surface area contributed by atoms with Crippen LogP contribution in [0.4, 0.5) is 8.78 Å². The maximum Gasteiger partial charge on any atom is 0.191 e. The molecule has 0 amide bonds. The van der Waals surface area contributed by atoms with Crippen molar-refractivity contribution >= 4 is 5.78 Å². The van der Waals surface area contributed by atoms with Crippen LogP contribution in [-0.2, 0) is 4.79 Å². The third-order valence-corrected chi connectivity index (χ3v) is 1.90. The van der Waals surface area contributed by atoms with Crippen LogP contribution >= 0.6 is 0 Å². The van der Waals surface area contributed by atoms with Crippen LogP contribution in [0.15, 0.2) is 0 Å². The molecule has 1 aliphatic rings. The van der Waals surface area contributed by atoms with E-state index in [1.165, 1.54) is 0 Å². The van der Waals surface area contributed by atoms with E-state index in [0.717, 1.165) is 6.92 Å². The molecule has 0 aromatic rings. The molecule has 0 unspecified atom stereocenters. The second-order valence-corrected chi connectivity index (χ2v) is 2.96. The molecule has 1 aliphatic carbocycles. The van der Waals surface area contributed by atoms with Gasteiger partial charge in [-0.15, -0.1) is 0 Å². The van der Waals surface area contributed by atoms with Crippen molar-refractivity contribution in [1.29, 1.82) is 0 Å². The Hall–Kier alpha value is -0.470. The fourth-order valence-electron chi connectivity index (χ4n) is 1.20. The van der Waals surface area contributed by atoms with E-state index in [-0.39, 0.29) is 12.8 Å². The molecule has 1 saturated carbocycles. The first kappa shape index (κ1) is 7.63. The van der Waals surface area contributed by atoms with Crippen molar-refractivity contribution in [2.45, 2.75) is 38.0 Å². The molecule has 2 atom stereocenters. The highest BCUT2D eigenvalue weighted by Gasteiger charge is 2.42. The summed E-state index contributed by atoms with van der Waals surface area (Å²) in [6.45, 7) is 1.15. The van der Waals surface area contributed by atoms with Crippen LogP contribution in [0.3, 0.4) is 0 Å². The van der Waals surface area contributed by atoms with Crippen LogP contribution < -0.4 is 0 Å². The third-order valence-electron chi connectivity index (χ3n) is 1.90. The van der Waals surface area contributed by atoms with Gasteiger partial charge in [-0.3, -0.25) is 4.79 Å². The second-order valence-electron chi connectivity index (χ2n) is 2.96. The van der Waals surface area contributed by atoms with Crippen LogP contribution in [-0.4, -0.2) is 17.6 Å². The number of rotatable bonds is 0. The highest BCUT2D eigenvalue weighted by molar-refractivity contribution is 5.85. The van der Waals surface area contributed by atoms with E-state index in [0.29, 0.717) is 6.42 Å². The van der Waals surface area contributed by atoms with Gasteiger partial charge in [0.15, 0.2) is 12.0 Å². The van der Waals surface area contributed by atoms with Crippen molar-refractivity contribution in [3.8, 4) is 0 Å². The Labute approximate surface area is 58.4 Å². The summed E-state index contributed by atoms with van der Waals surface area (Å²) in [6.07, 6.45) is -1.05. The van der Waals surface area contributed by atoms with Gasteiger partial charge in [0, 0.05) is 6.42 Å². The summed E-state index contributed by atoms with van der Waals surface area (Å²) in [6, 6.07) is 0. The zero-order chi connectivity index (χ0) is 7.78. The Balaban J connectivity index is 2.69. The molecule has 0 aromatic heterocycles. The first-order chi connectivity index (χ1) is 4.54. The summed E-state index contributed by atoms with van der Waals surface area (Å²) in [5.74, 6) is -0.587. The molecule has 0 N–H and O–H groups in total. The third kappa shape index (κ3) is 1.18. The fraction of sp³-hybridized carbons (Fsp3) is 0.857. The average molecular weight is 148 g/mol. The van der Waals surface area contributed by atoms with Gasteiger partial charge in [0.05, 0.1) is 0 Å². The molecule has 0 bridgehead atoms. The molecule has 0 heterocycles. The molecule has 1 fully saturated rings. The molecule has 58 valence electrons. The van der Waals surface area contributed by atoms with Crippen molar-refractivity contribution < 1.29 is 13.6 Å². The van der Waals surface area contributed by atoms with Crippen molar-refractivity contribution in [3.05, 3.63) is 0 Å². The summed E-state index contributed by atoms with van der Waals surface area (Å²) in [4.78, 5) is 10.6. The molecule has 0 spiro atoms. The number of halogens is 2. The Bertz CT molecular complexity index is 154. The summed E-state index contributed by atoms with van der Waals surface area (Å²) in [5, 5.41) is 0. The van der Waals surface area contributed by atoms with E-state index in [4.69, 9.17) is 0 Å². The van der Waals surface area contributed by atoms with Crippen molar-refractivity contribution in [1.82, 2.24) is 0 Å². The summed E-state index contributed by atoms with van der Waals surface area (Å²) in [5.41, 5.74) is -1.91. The summed E-state index contributed by atoms with van der Waals surface area (Å²) < 4.78 is 25.5. The number of Topliss-reactive ketones (excluding diaryl/α,β-unsaturated/α-hetero) is 1. The molecular formula is C7H10F2O.